The number of aryl methyl sites for hydroxylation is 2. The van der Waals surface area contributed by atoms with Crippen molar-refractivity contribution in [1.29, 1.82) is 0 Å². The Bertz CT molecular complexity index is 487. The molecule has 1 aromatic heterocycles. The Morgan fingerprint density at radius 3 is 2.39 bits per heavy atom. The molecule has 96 valence electrons. The molecule has 3 heteroatoms. The van der Waals surface area contributed by atoms with Crippen molar-refractivity contribution in [2.75, 3.05) is 7.05 Å². The van der Waals surface area contributed by atoms with Gasteiger partial charge in [0.1, 0.15) is 0 Å². The maximum atomic E-state index is 4.33. The standard InChI is InChI=1S/C15H20N2S/c1-4-12-5-7-13(8-6-12)9-14(16-3)15-10-17-11(2)18-15/h5-8,10,14,16H,4,9H2,1-3H3. The fraction of sp³-hybridized carbons (Fsp3) is 0.400. The van der Waals surface area contributed by atoms with Gasteiger partial charge in [0.2, 0.25) is 0 Å². The molecule has 0 amide bonds. The first kappa shape index (κ1) is 13.2. The zero-order chi connectivity index (χ0) is 13.0. The van der Waals surface area contributed by atoms with Crippen LogP contribution in [0.5, 0.6) is 0 Å². The third-order valence-electron chi connectivity index (χ3n) is 3.20. The summed E-state index contributed by atoms with van der Waals surface area (Å²) >= 11 is 1.77. The summed E-state index contributed by atoms with van der Waals surface area (Å²) in [6, 6.07) is 9.28. The number of hydrogen-bond donors (Lipinski definition) is 1. The van der Waals surface area contributed by atoms with Crippen LogP contribution in [0.3, 0.4) is 0 Å². The smallest absolute Gasteiger partial charge is 0.0897 e. The van der Waals surface area contributed by atoms with Crippen LogP contribution in [0.25, 0.3) is 0 Å². The molecule has 1 atom stereocenters. The van der Waals surface area contributed by atoms with Gasteiger partial charge in [0.05, 0.1) is 5.01 Å². The number of likely N-dealkylation sites (N-methyl/N-ethyl adjacent to an activating group) is 1. The first-order chi connectivity index (χ1) is 8.72. The van der Waals surface area contributed by atoms with E-state index in [0.29, 0.717) is 6.04 Å². The molecule has 1 unspecified atom stereocenters. The molecule has 0 aliphatic carbocycles. The lowest BCUT2D eigenvalue weighted by Gasteiger charge is -2.14. The van der Waals surface area contributed by atoms with E-state index in [2.05, 4.69) is 48.4 Å². The summed E-state index contributed by atoms with van der Waals surface area (Å²) < 4.78 is 0. The average molecular weight is 260 g/mol. The van der Waals surface area contributed by atoms with Gasteiger partial charge in [-0.05, 0) is 37.9 Å². The Morgan fingerprint density at radius 2 is 1.89 bits per heavy atom. The van der Waals surface area contributed by atoms with E-state index in [1.807, 2.05) is 13.2 Å². The third kappa shape index (κ3) is 3.18. The molecule has 2 aromatic rings. The van der Waals surface area contributed by atoms with Crippen molar-refractivity contribution in [2.45, 2.75) is 32.7 Å². The van der Waals surface area contributed by atoms with E-state index >= 15 is 0 Å². The van der Waals surface area contributed by atoms with Gasteiger partial charge in [0.15, 0.2) is 0 Å². The Kier molecular flexibility index (Phi) is 4.50. The molecule has 0 aliphatic rings. The van der Waals surface area contributed by atoms with Crippen molar-refractivity contribution < 1.29 is 0 Å². The summed E-state index contributed by atoms with van der Waals surface area (Å²) in [5.74, 6) is 0. The molecule has 0 radical (unpaired) electrons. The molecule has 1 heterocycles. The SMILES string of the molecule is CCc1ccc(CC(NC)c2cnc(C)s2)cc1. The molecule has 1 aromatic carbocycles. The largest absolute Gasteiger partial charge is 0.312 e. The third-order valence-corrected chi connectivity index (χ3v) is 4.23. The zero-order valence-corrected chi connectivity index (χ0v) is 12.1. The summed E-state index contributed by atoms with van der Waals surface area (Å²) in [6.07, 6.45) is 4.10. The summed E-state index contributed by atoms with van der Waals surface area (Å²) in [7, 11) is 2.01. The van der Waals surface area contributed by atoms with Gasteiger partial charge in [-0.1, -0.05) is 31.2 Å². The van der Waals surface area contributed by atoms with Gasteiger partial charge < -0.3 is 5.32 Å². The van der Waals surface area contributed by atoms with Crippen LogP contribution in [0.2, 0.25) is 0 Å². The lowest BCUT2D eigenvalue weighted by atomic mass is 10.0. The van der Waals surface area contributed by atoms with E-state index in [0.717, 1.165) is 17.8 Å². The number of aromatic nitrogens is 1. The van der Waals surface area contributed by atoms with Crippen LogP contribution >= 0.6 is 11.3 Å². The molecule has 2 rings (SSSR count). The first-order valence-corrected chi connectivity index (χ1v) is 7.22. The normalized spacial score (nSPS) is 12.6. The minimum Gasteiger partial charge on any atom is -0.312 e. The van der Waals surface area contributed by atoms with E-state index in [4.69, 9.17) is 0 Å². The fourth-order valence-electron chi connectivity index (χ4n) is 2.03. The van der Waals surface area contributed by atoms with Crippen LogP contribution in [-0.2, 0) is 12.8 Å². The first-order valence-electron chi connectivity index (χ1n) is 6.40. The minimum absolute atomic E-state index is 0.365. The summed E-state index contributed by atoms with van der Waals surface area (Å²) in [6.45, 7) is 4.24. The highest BCUT2D eigenvalue weighted by Crippen LogP contribution is 2.23. The fourth-order valence-corrected chi connectivity index (χ4v) is 2.93. The number of thiazole rings is 1. The topological polar surface area (TPSA) is 24.9 Å². The van der Waals surface area contributed by atoms with Crippen LogP contribution in [-0.4, -0.2) is 12.0 Å². The average Bonchev–Trinajstić information content (AvgIpc) is 2.83. The molecule has 0 aliphatic heterocycles. The van der Waals surface area contributed by atoms with Crippen LogP contribution in [0.1, 0.15) is 34.0 Å². The van der Waals surface area contributed by atoms with E-state index in [1.54, 1.807) is 11.3 Å². The number of nitrogens with one attached hydrogen (secondary N) is 1. The van der Waals surface area contributed by atoms with Gasteiger partial charge in [-0.15, -0.1) is 11.3 Å². The highest BCUT2D eigenvalue weighted by molar-refractivity contribution is 7.11. The zero-order valence-electron chi connectivity index (χ0n) is 11.2. The summed E-state index contributed by atoms with van der Waals surface area (Å²) in [5.41, 5.74) is 2.77. The Balaban J connectivity index is 2.10. The number of benzene rings is 1. The Morgan fingerprint density at radius 1 is 1.22 bits per heavy atom. The molecule has 18 heavy (non-hydrogen) atoms. The molecular formula is C15H20N2S. The highest BCUT2D eigenvalue weighted by Gasteiger charge is 2.12. The molecule has 2 nitrogen and oxygen atoms in total. The van der Waals surface area contributed by atoms with Crippen molar-refractivity contribution in [3.8, 4) is 0 Å². The predicted molar refractivity (Wildman–Crippen MR) is 78.2 cm³/mol. The summed E-state index contributed by atoms with van der Waals surface area (Å²) in [4.78, 5) is 5.65. The molecule has 0 saturated heterocycles. The molecule has 0 fully saturated rings. The van der Waals surface area contributed by atoms with E-state index in [-0.39, 0.29) is 0 Å². The van der Waals surface area contributed by atoms with Gasteiger partial charge in [-0.25, -0.2) is 4.98 Å². The van der Waals surface area contributed by atoms with Crippen LogP contribution in [0.15, 0.2) is 30.5 Å². The van der Waals surface area contributed by atoms with Crippen molar-refractivity contribution >= 4 is 11.3 Å². The Labute approximate surface area is 113 Å². The molecule has 0 spiro atoms. The number of nitrogens with zero attached hydrogens (tertiary/aromatic N) is 1. The Hall–Kier alpha value is -1.19. The second-order valence-corrected chi connectivity index (χ2v) is 5.76. The molecule has 0 bridgehead atoms. The van der Waals surface area contributed by atoms with Crippen molar-refractivity contribution in [3.05, 3.63) is 51.5 Å². The van der Waals surface area contributed by atoms with Crippen molar-refractivity contribution in [2.24, 2.45) is 0 Å². The summed E-state index contributed by atoms with van der Waals surface area (Å²) in [5, 5.41) is 4.51. The maximum Gasteiger partial charge on any atom is 0.0897 e. The maximum absolute atomic E-state index is 4.33. The van der Waals surface area contributed by atoms with Gasteiger partial charge in [-0.2, -0.15) is 0 Å². The second-order valence-electron chi connectivity index (χ2n) is 4.50. The van der Waals surface area contributed by atoms with Gasteiger partial charge >= 0.3 is 0 Å². The molecule has 0 saturated carbocycles. The van der Waals surface area contributed by atoms with Gasteiger partial charge in [0.25, 0.3) is 0 Å². The lowest BCUT2D eigenvalue weighted by Crippen LogP contribution is -2.17. The second kappa shape index (κ2) is 6.12. The van der Waals surface area contributed by atoms with Crippen molar-refractivity contribution in [1.82, 2.24) is 10.3 Å². The van der Waals surface area contributed by atoms with Gasteiger partial charge in [-0.3, -0.25) is 0 Å². The monoisotopic (exact) mass is 260 g/mol. The van der Waals surface area contributed by atoms with Crippen LogP contribution < -0.4 is 5.32 Å². The van der Waals surface area contributed by atoms with E-state index in [1.165, 1.54) is 16.0 Å². The van der Waals surface area contributed by atoms with Gasteiger partial charge in [0, 0.05) is 17.1 Å². The molecular weight excluding hydrogens is 240 g/mol. The number of rotatable bonds is 5. The highest BCUT2D eigenvalue weighted by atomic mass is 32.1. The van der Waals surface area contributed by atoms with Crippen LogP contribution in [0, 0.1) is 6.92 Å². The molecule has 1 N–H and O–H groups in total. The lowest BCUT2D eigenvalue weighted by molar-refractivity contribution is 0.601. The quantitative estimate of drug-likeness (QED) is 0.889. The van der Waals surface area contributed by atoms with Crippen LogP contribution in [0.4, 0.5) is 0 Å². The minimum atomic E-state index is 0.365. The van der Waals surface area contributed by atoms with Crippen molar-refractivity contribution in [3.63, 3.8) is 0 Å². The van der Waals surface area contributed by atoms with E-state index < -0.39 is 0 Å². The number of hydrogen-bond acceptors (Lipinski definition) is 3. The van der Waals surface area contributed by atoms with E-state index in [9.17, 15) is 0 Å². The predicted octanol–water partition coefficient (Wildman–Crippen LogP) is 3.52.